The van der Waals surface area contributed by atoms with Crippen LogP contribution in [0.3, 0.4) is 0 Å². The van der Waals surface area contributed by atoms with Gasteiger partial charge in [-0.2, -0.15) is 18.3 Å². The van der Waals surface area contributed by atoms with Gasteiger partial charge in [0, 0.05) is 23.4 Å². The van der Waals surface area contributed by atoms with Crippen LogP contribution >= 0.6 is 11.6 Å². The van der Waals surface area contributed by atoms with E-state index in [4.69, 9.17) is 17.3 Å². The summed E-state index contributed by atoms with van der Waals surface area (Å²) >= 11 is 6.14. The molecule has 148 valence electrons. The number of hydrogen-bond donors (Lipinski definition) is 1. The number of rotatable bonds is 4. The Labute approximate surface area is 164 Å². The van der Waals surface area contributed by atoms with Crippen LogP contribution in [0.5, 0.6) is 0 Å². The van der Waals surface area contributed by atoms with Crippen molar-refractivity contribution in [3.05, 3.63) is 64.8 Å². The highest BCUT2D eigenvalue weighted by Gasteiger charge is 2.35. The second kappa shape index (κ2) is 7.23. The first-order valence-corrected chi connectivity index (χ1v) is 10.2. The summed E-state index contributed by atoms with van der Waals surface area (Å²) in [5, 5.41) is 3.99. The molecule has 0 atom stereocenters. The fourth-order valence-electron chi connectivity index (χ4n) is 2.63. The highest BCUT2D eigenvalue weighted by molar-refractivity contribution is 7.90. The van der Waals surface area contributed by atoms with Crippen molar-refractivity contribution in [3.63, 3.8) is 0 Å². The van der Waals surface area contributed by atoms with Gasteiger partial charge in [0.05, 0.1) is 16.3 Å². The molecule has 1 heterocycles. The Morgan fingerprint density at radius 2 is 1.75 bits per heavy atom. The van der Waals surface area contributed by atoms with Crippen molar-refractivity contribution in [1.29, 1.82) is 0 Å². The molecule has 2 aromatic carbocycles. The third-order valence-corrected chi connectivity index (χ3v) is 5.56. The molecule has 3 rings (SSSR count). The van der Waals surface area contributed by atoms with Gasteiger partial charge in [0.15, 0.2) is 15.5 Å². The molecule has 0 spiro atoms. The van der Waals surface area contributed by atoms with Gasteiger partial charge in [-0.05, 0) is 35.9 Å². The number of halogens is 4. The molecule has 1 aromatic heterocycles. The Hall–Kier alpha value is -2.36. The number of nitrogens with two attached hydrogens (primary N) is 1. The Kier molecular flexibility index (Phi) is 5.26. The lowest BCUT2D eigenvalue weighted by atomic mass is 10.1. The molecule has 2 N–H and O–H groups in total. The summed E-state index contributed by atoms with van der Waals surface area (Å²) in [5.74, 6) is 0. The number of alkyl halides is 3. The molecule has 0 aliphatic rings. The molecule has 0 saturated heterocycles. The molecule has 0 unspecified atom stereocenters. The SMILES string of the molecule is CS(=O)(=O)c1ccc(-c2cc(C(F)(F)F)nn2-c2ccc(CN)c(Cl)c2)cc1. The first-order chi connectivity index (χ1) is 13.0. The number of benzene rings is 2. The van der Waals surface area contributed by atoms with Crippen LogP contribution in [0.4, 0.5) is 13.2 Å². The largest absolute Gasteiger partial charge is 0.435 e. The molecule has 3 aromatic rings. The molecule has 0 saturated carbocycles. The van der Waals surface area contributed by atoms with Crippen molar-refractivity contribution >= 4 is 21.4 Å². The molecule has 10 heteroatoms. The van der Waals surface area contributed by atoms with Crippen LogP contribution in [0.25, 0.3) is 16.9 Å². The van der Waals surface area contributed by atoms with Crippen molar-refractivity contribution < 1.29 is 21.6 Å². The zero-order chi connectivity index (χ0) is 20.7. The molecule has 0 amide bonds. The highest BCUT2D eigenvalue weighted by atomic mass is 35.5. The van der Waals surface area contributed by atoms with Crippen LogP contribution in [0.1, 0.15) is 11.3 Å². The number of hydrogen-bond acceptors (Lipinski definition) is 4. The average Bonchev–Trinajstić information content (AvgIpc) is 3.07. The van der Waals surface area contributed by atoms with E-state index in [2.05, 4.69) is 5.10 Å². The monoisotopic (exact) mass is 429 g/mol. The molecule has 0 fully saturated rings. The van der Waals surface area contributed by atoms with Crippen molar-refractivity contribution in [3.8, 4) is 16.9 Å². The van der Waals surface area contributed by atoms with Gasteiger partial charge in [0.25, 0.3) is 0 Å². The van der Waals surface area contributed by atoms with Crippen LogP contribution in [-0.2, 0) is 22.6 Å². The Bertz CT molecular complexity index is 1120. The van der Waals surface area contributed by atoms with Crippen molar-refractivity contribution in [2.24, 2.45) is 5.73 Å². The van der Waals surface area contributed by atoms with Gasteiger partial charge >= 0.3 is 6.18 Å². The molecule has 28 heavy (non-hydrogen) atoms. The standard InChI is InChI=1S/C18H15ClF3N3O2S/c1-28(26,27)14-6-3-11(4-7-14)16-9-17(18(20,21)22)24-25(16)13-5-2-12(10-23)15(19)8-13/h2-9H,10,23H2,1H3. The van der Waals surface area contributed by atoms with Gasteiger partial charge in [-0.1, -0.05) is 29.8 Å². The van der Waals surface area contributed by atoms with Crippen LogP contribution < -0.4 is 5.73 Å². The minimum absolute atomic E-state index is 0.0636. The summed E-state index contributed by atoms with van der Waals surface area (Å²) in [6.45, 7) is 0.186. The van der Waals surface area contributed by atoms with Gasteiger partial charge in [0.2, 0.25) is 0 Å². The molecule has 0 aliphatic carbocycles. The van der Waals surface area contributed by atoms with Crippen molar-refractivity contribution in [2.45, 2.75) is 17.6 Å². The van der Waals surface area contributed by atoms with Gasteiger partial charge in [-0.15, -0.1) is 0 Å². The molecule has 0 bridgehead atoms. The second-order valence-corrected chi connectivity index (χ2v) is 8.52. The maximum atomic E-state index is 13.2. The summed E-state index contributed by atoms with van der Waals surface area (Å²) in [4.78, 5) is 0.0636. The van der Waals surface area contributed by atoms with Gasteiger partial charge in [0.1, 0.15) is 0 Å². The van der Waals surface area contributed by atoms with Crippen LogP contribution in [0, 0.1) is 0 Å². The zero-order valence-corrected chi connectivity index (χ0v) is 16.1. The lowest BCUT2D eigenvalue weighted by Gasteiger charge is -2.10. The van der Waals surface area contributed by atoms with E-state index in [0.717, 1.165) is 17.0 Å². The number of aromatic nitrogens is 2. The van der Waals surface area contributed by atoms with Crippen LogP contribution in [0.15, 0.2) is 53.4 Å². The van der Waals surface area contributed by atoms with Gasteiger partial charge in [-0.25, -0.2) is 13.1 Å². The second-order valence-electron chi connectivity index (χ2n) is 6.10. The van der Waals surface area contributed by atoms with Crippen LogP contribution in [0.2, 0.25) is 5.02 Å². The predicted molar refractivity (Wildman–Crippen MR) is 100 cm³/mol. The maximum absolute atomic E-state index is 13.2. The molecular weight excluding hydrogens is 415 g/mol. The highest BCUT2D eigenvalue weighted by Crippen LogP contribution is 2.34. The predicted octanol–water partition coefficient (Wildman–Crippen LogP) is 4.07. The Morgan fingerprint density at radius 3 is 2.25 bits per heavy atom. The molecule has 0 radical (unpaired) electrons. The summed E-state index contributed by atoms with van der Waals surface area (Å²) in [7, 11) is -3.43. The molecular formula is C18H15ClF3N3O2S. The van der Waals surface area contributed by atoms with Crippen LogP contribution in [-0.4, -0.2) is 24.5 Å². The first-order valence-electron chi connectivity index (χ1n) is 7.97. The maximum Gasteiger partial charge on any atom is 0.435 e. The molecule has 5 nitrogen and oxygen atoms in total. The van der Waals surface area contributed by atoms with Crippen molar-refractivity contribution in [2.75, 3.05) is 6.26 Å². The fourth-order valence-corrected chi connectivity index (χ4v) is 3.51. The third-order valence-electron chi connectivity index (χ3n) is 4.08. The minimum Gasteiger partial charge on any atom is -0.326 e. The summed E-state index contributed by atoms with van der Waals surface area (Å²) < 4.78 is 64.0. The summed E-state index contributed by atoms with van der Waals surface area (Å²) in [6, 6.07) is 11.1. The Balaban J connectivity index is 2.18. The van der Waals surface area contributed by atoms with E-state index in [1.807, 2.05) is 0 Å². The zero-order valence-electron chi connectivity index (χ0n) is 14.5. The van der Waals surface area contributed by atoms with E-state index >= 15 is 0 Å². The van der Waals surface area contributed by atoms with Crippen molar-refractivity contribution in [1.82, 2.24) is 9.78 Å². The lowest BCUT2D eigenvalue weighted by molar-refractivity contribution is -0.141. The topological polar surface area (TPSA) is 78.0 Å². The Morgan fingerprint density at radius 1 is 1.11 bits per heavy atom. The fraction of sp³-hybridized carbons (Fsp3) is 0.167. The summed E-state index contributed by atoms with van der Waals surface area (Å²) in [6.07, 6.45) is -3.59. The quantitative estimate of drug-likeness (QED) is 0.678. The van der Waals surface area contributed by atoms with E-state index in [1.54, 1.807) is 12.1 Å². The third kappa shape index (κ3) is 4.06. The number of sulfone groups is 1. The smallest absolute Gasteiger partial charge is 0.326 e. The lowest BCUT2D eigenvalue weighted by Crippen LogP contribution is -2.07. The first kappa shape index (κ1) is 20.4. The van der Waals surface area contributed by atoms with Gasteiger partial charge < -0.3 is 5.73 Å². The summed E-state index contributed by atoms with van der Waals surface area (Å²) in [5.41, 5.74) is 5.97. The average molecular weight is 430 g/mol. The number of nitrogens with zero attached hydrogens (tertiary/aromatic N) is 2. The van der Waals surface area contributed by atoms with E-state index in [9.17, 15) is 21.6 Å². The van der Waals surface area contributed by atoms with E-state index in [0.29, 0.717) is 21.8 Å². The van der Waals surface area contributed by atoms with E-state index in [-0.39, 0.29) is 17.1 Å². The van der Waals surface area contributed by atoms with E-state index in [1.165, 1.54) is 30.3 Å². The molecule has 0 aliphatic heterocycles. The van der Waals surface area contributed by atoms with Gasteiger partial charge in [-0.3, -0.25) is 0 Å². The normalized spacial score (nSPS) is 12.4. The minimum atomic E-state index is -4.65. The van der Waals surface area contributed by atoms with E-state index < -0.39 is 21.7 Å².